The number of piperidine rings is 1. The molecule has 2 aliphatic heterocycles. The molecular formula is C16H25N3O3. The summed E-state index contributed by atoms with van der Waals surface area (Å²) >= 11 is 0. The van der Waals surface area contributed by atoms with Gasteiger partial charge in [-0.25, -0.2) is 9.78 Å². The third kappa shape index (κ3) is 2.60. The quantitative estimate of drug-likeness (QED) is 0.863. The number of ether oxygens (including phenoxy) is 1. The summed E-state index contributed by atoms with van der Waals surface area (Å²) in [5.74, 6) is 0. The number of carbonyl (C=O) groups is 1. The van der Waals surface area contributed by atoms with Crippen LogP contribution in [0.5, 0.6) is 0 Å². The highest BCUT2D eigenvalue weighted by molar-refractivity contribution is 5.69. The molecule has 2 aliphatic rings. The van der Waals surface area contributed by atoms with Crippen molar-refractivity contribution >= 4 is 6.09 Å². The number of carbonyl (C=O) groups excluding carboxylic acids is 1. The largest absolute Gasteiger partial charge is 0.444 e. The zero-order valence-electron chi connectivity index (χ0n) is 13.7. The summed E-state index contributed by atoms with van der Waals surface area (Å²) in [6, 6.07) is 0.0713. The molecule has 0 aliphatic carbocycles. The third-order valence-electron chi connectivity index (χ3n) is 4.66. The van der Waals surface area contributed by atoms with Crippen LogP contribution in [0, 0.1) is 0 Å². The second-order valence-corrected chi connectivity index (χ2v) is 7.60. The van der Waals surface area contributed by atoms with Gasteiger partial charge in [-0.3, -0.25) is 0 Å². The van der Waals surface area contributed by atoms with Crippen LogP contribution < -0.4 is 0 Å². The molecule has 1 aromatic rings. The SMILES string of the molecule is Cn1cncc1C1(O)CC2CCC(C1)N2C(=O)OC(C)(C)C. The molecule has 3 rings (SSSR count). The normalized spacial score (nSPS) is 31.4. The monoisotopic (exact) mass is 307 g/mol. The van der Waals surface area contributed by atoms with Gasteiger partial charge in [-0.05, 0) is 33.6 Å². The van der Waals surface area contributed by atoms with Crippen LogP contribution >= 0.6 is 0 Å². The smallest absolute Gasteiger partial charge is 0.410 e. The Kier molecular flexibility index (Phi) is 3.47. The maximum absolute atomic E-state index is 12.4. The molecule has 1 amide bonds. The molecule has 3 heterocycles. The first kappa shape index (κ1) is 15.3. The summed E-state index contributed by atoms with van der Waals surface area (Å²) in [7, 11) is 1.89. The van der Waals surface area contributed by atoms with Crippen LogP contribution in [-0.2, 0) is 17.4 Å². The van der Waals surface area contributed by atoms with E-state index in [9.17, 15) is 9.90 Å². The number of aromatic nitrogens is 2. The van der Waals surface area contributed by atoms with Crippen molar-refractivity contribution in [2.24, 2.45) is 7.05 Å². The molecule has 2 atom stereocenters. The first-order chi connectivity index (χ1) is 10.2. The number of hydrogen-bond acceptors (Lipinski definition) is 4. The molecular weight excluding hydrogens is 282 g/mol. The Morgan fingerprint density at radius 2 is 1.95 bits per heavy atom. The van der Waals surface area contributed by atoms with E-state index in [0.29, 0.717) is 12.8 Å². The average Bonchev–Trinajstić information content (AvgIpc) is 2.91. The van der Waals surface area contributed by atoms with Gasteiger partial charge in [0.15, 0.2) is 0 Å². The van der Waals surface area contributed by atoms with Crippen molar-refractivity contribution in [2.45, 2.75) is 69.7 Å². The number of hydrogen-bond donors (Lipinski definition) is 1. The maximum atomic E-state index is 12.4. The molecule has 0 aromatic carbocycles. The van der Waals surface area contributed by atoms with Crippen molar-refractivity contribution in [1.82, 2.24) is 14.5 Å². The predicted octanol–water partition coefficient (Wildman–Crippen LogP) is 2.17. The Bertz CT molecular complexity index is 561. The number of fused-ring (bicyclic) bond motifs is 2. The number of rotatable bonds is 1. The van der Waals surface area contributed by atoms with Crippen LogP contribution in [0.1, 0.15) is 52.1 Å². The second-order valence-electron chi connectivity index (χ2n) is 7.60. The van der Waals surface area contributed by atoms with Gasteiger partial charge in [-0.15, -0.1) is 0 Å². The van der Waals surface area contributed by atoms with Gasteiger partial charge in [0.1, 0.15) is 11.2 Å². The fraction of sp³-hybridized carbons (Fsp3) is 0.750. The number of aliphatic hydroxyl groups is 1. The number of amides is 1. The first-order valence-corrected chi connectivity index (χ1v) is 7.90. The van der Waals surface area contributed by atoms with E-state index in [0.717, 1.165) is 18.5 Å². The molecule has 122 valence electrons. The molecule has 1 aromatic heterocycles. The number of aryl methyl sites for hydroxylation is 1. The minimum Gasteiger partial charge on any atom is -0.444 e. The van der Waals surface area contributed by atoms with Crippen LogP contribution in [0.3, 0.4) is 0 Å². The van der Waals surface area contributed by atoms with Gasteiger partial charge in [0.2, 0.25) is 0 Å². The molecule has 2 fully saturated rings. The van der Waals surface area contributed by atoms with Gasteiger partial charge in [0, 0.05) is 32.0 Å². The molecule has 1 N–H and O–H groups in total. The van der Waals surface area contributed by atoms with E-state index in [2.05, 4.69) is 4.98 Å². The minimum atomic E-state index is -0.907. The minimum absolute atomic E-state index is 0.0356. The highest BCUT2D eigenvalue weighted by Crippen LogP contribution is 2.45. The van der Waals surface area contributed by atoms with E-state index in [1.54, 1.807) is 12.5 Å². The van der Waals surface area contributed by atoms with Gasteiger partial charge in [0.05, 0.1) is 18.2 Å². The van der Waals surface area contributed by atoms with Crippen LogP contribution in [-0.4, -0.2) is 43.3 Å². The van der Waals surface area contributed by atoms with Gasteiger partial charge in [-0.2, -0.15) is 0 Å². The van der Waals surface area contributed by atoms with Crippen molar-refractivity contribution < 1.29 is 14.6 Å². The average molecular weight is 307 g/mol. The summed E-state index contributed by atoms with van der Waals surface area (Å²) in [4.78, 5) is 18.4. The second kappa shape index (κ2) is 4.98. The summed E-state index contributed by atoms with van der Waals surface area (Å²) in [6.07, 6.45) is 6.10. The lowest BCUT2D eigenvalue weighted by atomic mass is 9.84. The summed E-state index contributed by atoms with van der Waals surface area (Å²) < 4.78 is 7.39. The summed E-state index contributed by atoms with van der Waals surface area (Å²) in [5.41, 5.74) is -0.574. The van der Waals surface area contributed by atoms with Crippen molar-refractivity contribution in [3.8, 4) is 0 Å². The van der Waals surface area contributed by atoms with Crippen LogP contribution in [0.15, 0.2) is 12.5 Å². The molecule has 6 heteroatoms. The molecule has 0 radical (unpaired) electrons. The van der Waals surface area contributed by atoms with E-state index in [1.165, 1.54) is 0 Å². The van der Waals surface area contributed by atoms with Gasteiger partial charge in [0.25, 0.3) is 0 Å². The van der Waals surface area contributed by atoms with Crippen LogP contribution in [0.2, 0.25) is 0 Å². The Morgan fingerprint density at radius 1 is 1.36 bits per heavy atom. The predicted molar refractivity (Wildman–Crippen MR) is 81.2 cm³/mol. The lowest BCUT2D eigenvalue weighted by Crippen LogP contribution is -2.53. The van der Waals surface area contributed by atoms with Gasteiger partial charge in [-0.1, -0.05) is 0 Å². The first-order valence-electron chi connectivity index (χ1n) is 7.90. The maximum Gasteiger partial charge on any atom is 0.410 e. The van der Waals surface area contributed by atoms with Crippen LogP contribution in [0.25, 0.3) is 0 Å². The standard InChI is InChI=1S/C16H25N3O3/c1-15(2,3)22-14(20)19-11-5-6-12(19)8-16(21,7-11)13-9-17-10-18(13)4/h9-12,21H,5-8H2,1-4H3. The Balaban J connectivity index is 1.80. The van der Waals surface area contributed by atoms with Gasteiger partial charge < -0.3 is 19.3 Å². The molecule has 2 saturated heterocycles. The Morgan fingerprint density at radius 3 is 2.41 bits per heavy atom. The Labute approximate surface area is 131 Å². The molecule has 2 unspecified atom stereocenters. The molecule has 2 bridgehead atoms. The lowest BCUT2D eigenvalue weighted by Gasteiger charge is -2.43. The summed E-state index contributed by atoms with van der Waals surface area (Å²) in [6.45, 7) is 5.63. The lowest BCUT2D eigenvalue weighted by molar-refractivity contribution is -0.0660. The van der Waals surface area contributed by atoms with Gasteiger partial charge >= 0.3 is 6.09 Å². The Hall–Kier alpha value is -1.56. The zero-order chi connectivity index (χ0) is 16.1. The van der Waals surface area contributed by atoms with Crippen molar-refractivity contribution in [3.63, 3.8) is 0 Å². The van der Waals surface area contributed by atoms with E-state index < -0.39 is 11.2 Å². The molecule has 0 spiro atoms. The highest BCUT2D eigenvalue weighted by Gasteiger charge is 2.51. The van der Waals surface area contributed by atoms with Crippen molar-refractivity contribution in [1.29, 1.82) is 0 Å². The van der Waals surface area contributed by atoms with Crippen molar-refractivity contribution in [3.05, 3.63) is 18.2 Å². The molecule has 6 nitrogen and oxygen atoms in total. The third-order valence-corrected chi connectivity index (χ3v) is 4.66. The van der Waals surface area contributed by atoms with Crippen LogP contribution in [0.4, 0.5) is 4.79 Å². The fourth-order valence-corrected chi connectivity index (χ4v) is 3.85. The summed E-state index contributed by atoms with van der Waals surface area (Å²) in [5, 5.41) is 11.1. The van der Waals surface area contributed by atoms with Crippen molar-refractivity contribution in [2.75, 3.05) is 0 Å². The molecule has 22 heavy (non-hydrogen) atoms. The van der Waals surface area contributed by atoms with E-state index in [-0.39, 0.29) is 18.2 Å². The highest BCUT2D eigenvalue weighted by atomic mass is 16.6. The van der Waals surface area contributed by atoms with E-state index in [4.69, 9.17) is 4.74 Å². The topological polar surface area (TPSA) is 67.6 Å². The number of imidazole rings is 1. The zero-order valence-corrected chi connectivity index (χ0v) is 13.7. The van der Waals surface area contributed by atoms with E-state index >= 15 is 0 Å². The number of nitrogens with zero attached hydrogens (tertiary/aromatic N) is 3. The molecule has 0 saturated carbocycles. The fourth-order valence-electron chi connectivity index (χ4n) is 3.85. The van der Waals surface area contributed by atoms with E-state index in [1.807, 2.05) is 37.3 Å².